The highest BCUT2D eigenvalue weighted by Gasteiger charge is 2.29. The summed E-state index contributed by atoms with van der Waals surface area (Å²) in [5.74, 6) is 0.427. The van der Waals surface area contributed by atoms with E-state index in [0.717, 1.165) is 12.0 Å². The number of hydrogen-bond donors (Lipinski definition) is 1. The predicted octanol–water partition coefficient (Wildman–Crippen LogP) is 1.25. The normalized spacial score (nSPS) is 17.7. The second kappa shape index (κ2) is 8.09. The van der Waals surface area contributed by atoms with Crippen LogP contribution in [0.1, 0.15) is 31.7 Å². The maximum Gasteiger partial charge on any atom is 0.243 e. The van der Waals surface area contributed by atoms with Gasteiger partial charge in [-0.25, -0.2) is 8.42 Å². The van der Waals surface area contributed by atoms with Gasteiger partial charge >= 0.3 is 0 Å². The molecule has 1 aromatic carbocycles. The number of hydrogen-bond acceptors (Lipinski definition) is 4. The van der Waals surface area contributed by atoms with Crippen LogP contribution in [0.2, 0.25) is 0 Å². The average molecular weight is 353 g/mol. The van der Waals surface area contributed by atoms with E-state index in [1.165, 1.54) is 4.31 Å². The van der Waals surface area contributed by atoms with E-state index in [1.807, 2.05) is 12.1 Å². The summed E-state index contributed by atoms with van der Waals surface area (Å²) in [5.41, 5.74) is 1.15. The Labute approximate surface area is 144 Å². The third kappa shape index (κ3) is 4.15. The fourth-order valence-corrected chi connectivity index (χ4v) is 4.22. The standard InChI is InChI=1S/C17H27N3O3S/c1-4-14(2)15-5-7-16(8-6-15)24(22,23)20-11-9-19(10-12-20)17(21)13-18-3/h5-8,14,18H,4,9-13H2,1-3H3. The van der Waals surface area contributed by atoms with Crippen molar-refractivity contribution in [2.24, 2.45) is 0 Å². The van der Waals surface area contributed by atoms with Crippen LogP contribution in [0.25, 0.3) is 0 Å². The van der Waals surface area contributed by atoms with Crippen LogP contribution in [-0.2, 0) is 14.8 Å². The summed E-state index contributed by atoms with van der Waals surface area (Å²) in [4.78, 5) is 13.9. The van der Waals surface area contributed by atoms with Crippen LogP contribution < -0.4 is 5.32 Å². The quantitative estimate of drug-likeness (QED) is 0.836. The molecular weight excluding hydrogens is 326 g/mol. The Hall–Kier alpha value is -1.44. The van der Waals surface area contributed by atoms with Gasteiger partial charge in [0, 0.05) is 26.2 Å². The molecule has 7 heteroatoms. The molecule has 0 spiro atoms. The number of likely N-dealkylation sites (N-methyl/N-ethyl adjacent to an activating group) is 1. The molecule has 0 saturated carbocycles. The molecule has 1 saturated heterocycles. The molecule has 0 aliphatic carbocycles. The first kappa shape index (κ1) is 18.9. The summed E-state index contributed by atoms with van der Waals surface area (Å²) in [6, 6.07) is 7.17. The Morgan fingerprint density at radius 3 is 2.25 bits per heavy atom. The zero-order chi connectivity index (χ0) is 17.7. The number of piperazine rings is 1. The molecule has 0 radical (unpaired) electrons. The second-order valence-corrected chi connectivity index (χ2v) is 8.13. The number of nitrogens with zero attached hydrogens (tertiary/aromatic N) is 2. The van der Waals surface area contributed by atoms with Crippen molar-refractivity contribution in [3.63, 3.8) is 0 Å². The number of nitrogens with one attached hydrogen (secondary N) is 1. The lowest BCUT2D eigenvalue weighted by molar-refractivity contribution is -0.131. The van der Waals surface area contributed by atoms with Crippen molar-refractivity contribution in [2.45, 2.75) is 31.1 Å². The summed E-state index contributed by atoms with van der Waals surface area (Å²) in [6.07, 6.45) is 1.02. The van der Waals surface area contributed by atoms with Gasteiger partial charge in [0.05, 0.1) is 11.4 Å². The highest BCUT2D eigenvalue weighted by molar-refractivity contribution is 7.89. The average Bonchev–Trinajstić information content (AvgIpc) is 2.61. The lowest BCUT2D eigenvalue weighted by Crippen LogP contribution is -2.52. The molecule has 1 heterocycles. The number of carbonyl (C=O) groups excluding carboxylic acids is 1. The minimum atomic E-state index is -3.49. The summed E-state index contributed by atoms with van der Waals surface area (Å²) in [6.45, 7) is 6.07. The molecule has 1 aliphatic heterocycles. The van der Waals surface area contributed by atoms with E-state index in [9.17, 15) is 13.2 Å². The van der Waals surface area contributed by atoms with Gasteiger partial charge in [-0.1, -0.05) is 26.0 Å². The van der Waals surface area contributed by atoms with Crippen LogP contribution in [0, 0.1) is 0 Å². The maximum atomic E-state index is 12.8. The van der Waals surface area contributed by atoms with Crippen molar-refractivity contribution in [3.05, 3.63) is 29.8 Å². The Morgan fingerprint density at radius 1 is 1.17 bits per heavy atom. The highest BCUT2D eigenvalue weighted by Crippen LogP contribution is 2.23. The molecule has 1 aromatic rings. The lowest BCUT2D eigenvalue weighted by Gasteiger charge is -2.34. The summed E-state index contributed by atoms with van der Waals surface area (Å²) in [7, 11) is -1.77. The number of sulfonamides is 1. The molecule has 134 valence electrons. The lowest BCUT2D eigenvalue weighted by atomic mass is 9.99. The predicted molar refractivity (Wildman–Crippen MR) is 94.4 cm³/mol. The molecule has 1 unspecified atom stereocenters. The topological polar surface area (TPSA) is 69.7 Å². The Morgan fingerprint density at radius 2 is 1.75 bits per heavy atom. The monoisotopic (exact) mass is 353 g/mol. The van der Waals surface area contributed by atoms with E-state index < -0.39 is 10.0 Å². The first-order chi connectivity index (χ1) is 11.4. The minimum absolute atomic E-state index is 0.00690. The van der Waals surface area contributed by atoms with Crippen LogP contribution in [-0.4, -0.2) is 63.3 Å². The van der Waals surface area contributed by atoms with Crippen LogP contribution in [0.3, 0.4) is 0 Å². The van der Waals surface area contributed by atoms with Gasteiger partial charge in [-0.05, 0) is 37.1 Å². The molecule has 1 atom stereocenters. The number of carbonyl (C=O) groups is 1. The van der Waals surface area contributed by atoms with Gasteiger partial charge < -0.3 is 10.2 Å². The van der Waals surface area contributed by atoms with Crippen LogP contribution in [0.15, 0.2) is 29.2 Å². The first-order valence-corrected chi connectivity index (χ1v) is 9.86. The molecule has 1 amide bonds. The van der Waals surface area contributed by atoms with Gasteiger partial charge in [0.1, 0.15) is 0 Å². The van der Waals surface area contributed by atoms with Gasteiger partial charge in [0.2, 0.25) is 15.9 Å². The van der Waals surface area contributed by atoms with E-state index in [-0.39, 0.29) is 12.5 Å². The van der Waals surface area contributed by atoms with Crippen LogP contribution >= 0.6 is 0 Å². The molecule has 0 aromatic heterocycles. The van der Waals surface area contributed by atoms with E-state index in [1.54, 1.807) is 24.1 Å². The molecule has 2 rings (SSSR count). The molecular formula is C17H27N3O3S. The zero-order valence-corrected chi connectivity index (χ0v) is 15.5. The van der Waals surface area contributed by atoms with Crippen molar-refractivity contribution in [3.8, 4) is 0 Å². The Balaban J connectivity index is 2.05. The minimum Gasteiger partial charge on any atom is -0.339 e. The third-order valence-corrected chi connectivity index (χ3v) is 6.53. The smallest absolute Gasteiger partial charge is 0.243 e. The fourth-order valence-electron chi connectivity index (χ4n) is 2.79. The van der Waals surface area contributed by atoms with Gasteiger partial charge in [0.25, 0.3) is 0 Å². The third-order valence-electron chi connectivity index (χ3n) is 4.62. The summed E-state index contributed by atoms with van der Waals surface area (Å²) < 4.78 is 27.0. The van der Waals surface area contributed by atoms with Gasteiger partial charge in [-0.15, -0.1) is 0 Å². The van der Waals surface area contributed by atoms with Crippen LogP contribution in [0.5, 0.6) is 0 Å². The Bertz CT molecular complexity index is 650. The number of rotatable bonds is 6. The fraction of sp³-hybridized carbons (Fsp3) is 0.588. The molecule has 1 fully saturated rings. The van der Waals surface area contributed by atoms with Gasteiger partial charge in [-0.3, -0.25) is 4.79 Å². The SMILES string of the molecule is CCC(C)c1ccc(S(=O)(=O)N2CCN(C(=O)CNC)CC2)cc1. The van der Waals surface area contributed by atoms with E-state index in [4.69, 9.17) is 0 Å². The summed E-state index contributed by atoms with van der Waals surface area (Å²) in [5, 5.41) is 2.83. The van der Waals surface area contributed by atoms with Crippen LogP contribution in [0.4, 0.5) is 0 Å². The summed E-state index contributed by atoms with van der Waals surface area (Å²) >= 11 is 0. The van der Waals surface area contributed by atoms with Crippen molar-refractivity contribution in [1.82, 2.24) is 14.5 Å². The first-order valence-electron chi connectivity index (χ1n) is 8.42. The molecule has 0 bridgehead atoms. The highest BCUT2D eigenvalue weighted by atomic mass is 32.2. The Kier molecular flexibility index (Phi) is 6.37. The maximum absolute atomic E-state index is 12.8. The molecule has 1 N–H and O–H groups in total. The van der Waals surface area contributed by atoms with Gasteiger partial charge in [0.15, 0.2) is 0 Å². The van der Waals surface area contributed by atoms with Crippen molar-refractivity contribution in [1.29, 1.82) is 0 Å². The van der Waals surface area contributed by atoms with E-state index in [2.05, 4.69) is 19.2 Å². The number of amides is 1. The second-order valence-electron chi connectivity index (χ2n) is 6.19. The largest absolute Gasteiger partial charge is 0.339 e. The van der Waals surface area contributed by atoms with Crippen molar-refractivity contribution < 1.29 is 13.2 Å². The molecule has 6 nitrogen and oxygen atoms in total. The van der Waals surface area contributed by atoms with E-state index >= 15 is 0 Å². The molecule has 24 heavy (non-hydrogen) atoms. The zero-order valence-electron chi connectivity index (χ0n) is 14.7. The van der Waals surface area contributed by atoms with Gasteiger partial charge in [-0.2, -0.15) is 4.31 Å². The molecule has 1 aliphatic rings. The number of benzene rings is 1. The van der Waals surface area contributed by atoms with Crippen molar-refractivity contribution >= 4 is 15.9 Å². The van der Waals surface area contributed by atoms with E-state index in [0.29, 0.717) is 37.0 Å². The van der Waals surface area contributed by atoms with Crippen molar-refractivity contribution in [2.75, 3.05) is 39.8 Å².